The Labute approximate surface area is 121 Å². The number of hydrogen-bond acceptors (Lipinski definition) is 4. The number of piperazine rings is 1. The topological polar surface area (TPSA) is 58.6 Å². The highest BCUT2D eigenvalue weighted by Gasteiger charge is 2.37. The van der Waals surface area contributed by atoms with Gasteiger partial charge in [-0.1, -0.05) is 6.92 Å². The zero-order chi connectivity index (χ0) is 14.5. The summed E-state index contributed by atoms with van der Waals surface area (Å²) in [6.07, 6.45) is 4.15. The van der Waals surface area contributed by atoms with Gasteiger partial charge in [0.2, 0.25) is 5.91 Å². The molecule has 20 heavy (non-hydrogen) atoms. The zero-order valence-electron chi connectivity index (χ0n) is 12.6. The van der Waals surface area contributed by atoms with Crippen LogP contribution >= 0.6 is 0 Å². The third kappa shape index (κ3) is 3.51. The van der Waals surface area contributed by atoms with Crippen molar-refractivity contribution in [2.45, 2.75) is 45.6 Å². The normalized spacial score (nSPS) is 30.9. The molecule has 0 aromatic rings. The molecule has 0 radical (unpaired) electrons. The van der Waals surface area contributed by atoms with Gasteiger partial charge in [-0.05, 0) is 38.5 Å². The van der Waals surface area contributed by atoms with Gasteiger partial charge in [0.05, 0.1) is 6.61 Å². The molecule has 1 heterocycles. The lowest BCUT2D eigenvalue weighted by Crippen LogP contribution is -2.58. The summed E-state index contributed by atoms with van der Waals surface area (Å²) in [4.78, 5) is 26.4. The Morgan fingerprint density at radius 2 is 1.95 bits per heavy atom. The molecular weight excluding hydrogens is 256 g/mol. The summed E-state index contributed by atoms with van der Waals surface area (Å²) in [7, 11) is 0. The summed E-state index contributed by atoms with van der Waals surface area (Å²) in [6, 6.07) is -0.449. The van der Waals surface area contributed by atoms with Gasteiger partial charge in [-0.15, -0.1) is 0 Å². The van der Waals surface area contributed by atoms with Crippen molar-refractivity contribution in [3.8, 4) is 0 Å². The molecule has 1 aliphatic carbocycles. The third-order valence-electron chi connectivity index (χ3n) is 4.45. The first-order valence-corrected chi connectivity index (χ1v) is 7.81. The number of carbonyl (C=O) groups is 2. The maximum absolute atomic E-state index is 12.7. The molecule has 1 amide bonds. The van der Waals surface area contributed by atoms with E-state index < -0.39 is 6.04 Å². The van der Waals surface area contributed by atoms with Gasteiger partial charge in [0.15, 0.2) is 0 Å². The van der Waals surface area contributed by atoms with Crippen molar-refractivity contribution < 1.29 is 14.3 Å². The molecule has 1 saturated heterocycles. The van der Waals surface area contributed by atoms with Crippen LogP contribution in [0.15, 0.2) is 0 Å². The number of ether oxygens (including phenoxy) is 1. The van der Waals surface area contributed by atoms with E-state index in [0.717, 1.165) is 38.1 Å². The standard InChI is InChI=1S/C15H26N2O3/c1-3-20-15(19)13-10-16-8-9-17(13)14(18)12-6-4-11(2)5-7-12/h11-13,16H,3-10H2,1-2H3. The van der Waals surface area contributed by atoms with Crippen molar-refractivity contribution in [2.75, 3.05) is 26.2 Å². The van der Waals surface area contributed by atoms with Gasteiger partial charge in [-0.2, -0.15) is 0 Å². The lowest BCUT2D eigenvalue weighted by Gasteiger charge is -2.38. The van der Waals surface area contributed by atoms with Crippen LogP contribution in [0.25, 0.3) is 0 Å². The van der Waals surface area contributed by atoms with E-state index in [2.05, 4.69) is 12.2 Å². The van der Waals surface area contributed by atoms with Crippen LogP contribution in [0.1, 0.15) is 39.5 Å². The SMILES string of the molecule is CCOC(=O)C1CNCCN1C(=O)C1CCC(C)CC1. The lowest BCUT2D eigenvalue weighted by atomic mass is 9.82. The molecule has 5 nitrogen and oxygen atoms in total. The van der Waals surface area contributed by atoms with Crippen LogP contribution in [0.5, 0.6) is 0 Å². The predicted octanol–water partition coefficient (Wildman–Crippen LogP) is 1.18. The quantitative estimate of drug-likeness (QED) is 0.790. The van der Waals surface area contributed by atoms with Crippen molar-refractivity contribution in [1.29, 1.82) is 0 Å². The van der Waals surface area contributed by atoms with Crippen molar-refractivity contribution in [3.63, 3.8) is 0 Å². The summed E-state index contributed by atoms with van der Waals surface area (Å²) < 4.78 is 5.09. The van der Waals surface area contributed by atoms with Crippen LogP contribution in [0.2, 0.25) is 0 Å². The second-order valence-corrected chi connectivity index (χ2v) is 5.96. The van der Waals surface area contributed by atoms with Crippen LogP contribution < -0.4 is 5.32 Å². The molecule has 2 aliphatic rings. The molecule has 1 atom stereocenters. The number of hydrogen-bond donors (Lipinski definition) is 1. The molecule has 1 aliphatic heterocycles. The summed E-state index contributed by atoms with van der Waals surface area (Å²) in [5.74, 6) is 0.692. The van der Waals surface area contributed by atoms with Crippen LogP contribution in [-0.2, 0) is 14.3 Å². The first-order chi connectivity index (χ1) is 9.63. The Morgan fingerprint density at radius 1 is 1.25 bits per heavy atom. The van der Waals surface area contributed by atoms with Crippen molar-refractivity contribution >= 4 is 11.9 Å². The first kappa shape index (κ1) is 15.3. The van der Waals surface area contributed by atoms with E-state index in [1.54, 1.807) is 11.8 Å². The molecular formula is C15H26N2O3. The predicted molar refractivity (Wildman–Crippen MR) is 76.1 cm³/mol. The summed E-state index contributed by atoms with van der Waals surface area (Å²) in [6.45, 7) is 6.26. The maximum atomic E-state index is 12.7. The van der Waals surface area contributed by atoms with Gasteiger partial charge >= 0.3 is 5.97 Å². The highest BCUT2D eigenvalue weighted by atomic mass is 16.5. The summed E-state index contributed by atoms with van der Waals surface area (Å²) in [5.41, 5.74) is 0. The van der Waals surface area contributed by atoms with E-state index >= 15 is 0 Å². The molecule has 2 rings (SSSR count). The molecule has 114 valence electrons. The Hall–Kier alpha value is -1.10. The Kier molecular flexibility index (Phi) is 5.40. The summed E-state index contributed by atoms with van der Waals surface area (Å²) >= 11 is 0. The smallest absolute Gasteiger partial charge is 0.330 e. The minimum atomic E-state index is -0.449. The van der Waals surface area contributed by atoms with Crippen molar-refractivity contribution in [3.05, 3.63) is 0 Å². The molecule has 0 spiro atoms. The van der Waals surface area contributed by atoms with Gasteiger partial charge in [-0.25, -0.2) is 4.79 Å². The number of nitrogens with one attached hydrogen (secondary N) is 1. The second kappa shape index (κ2) is 7.07. The zero-order valence-corrected chi connectivity index (χ0v) is 12.6. The van der Waals surface area contributed by atoms with Crippen LogP contribution in [0.3, 0.4) is 0 Å². The van der Waals surface area contributed by atoms with E-state index in [9.17, 15) is 9.59 Å². The Morgan fingerprint density at radius 3 is 2.60 bits per heavy atom. The molecule has 1 unspecified atom stereocenters. The molecule has 0 bridgehead atoms. The van der Waals surface area contributed by atoms with E-state index in [1.807, 2.05) is 0 Å². The number of carbonyl (C=O) groups excluding carboxylic acids is 2. The van der Waals surface area contributed by atoms with Crippen LogP contribution in [0, 0.1) is 11.8 Å². The van der Waals surface area contributed by atoms with Crippen molar-refractivity contribution in [2.24, 2.45) is 11.8 Å². The molecule has 1 N–H and O–H groups in total. The molecule has 2 fully saturated rings. The monoisotopic (exact) mass is 282 g/mol. The third-order valence-corrected chi connectivity index (χ3v) is 4.45. The van der Waals surface area contributed by atoms with E-state index in [0.29, 0.717) is 19.7 Å². The average molecular weight is 282 g/mol. The van der Waals surface area contributed by atoms with Gasteiger partial charge in [0, 0.05) is 25.6 Å². The largest absolute Gasteiger partial charge is 0.464 e. The maximum Gasteiger partial charge on any atom is 0.330 e. The fraction of sp³-hybridized carbons (Fsp3) is 0.867. The van der Waals surface area contributed by atoms with Crippen molar-refractivity contribution in [1.82, 2.24) is 10.2 Å². The number of nitrogens with zero attached hydrogens (tertiary/aromatic N) is 1. The van der Waals surface area contributed by atoms with Gasteiger partial charge in [0.1, 0.15) is 6.04 Å². The van der Waals surface area contributed by atoms with E-state index in [4.69, 9.17) is 4.74 Å². The number of amides is 1. The average Bonchev–Trinajstić information content (AvgIpc) is 2.47. The lowest BCUT2D eigenvalue weighted by molar-refractivity contribution is -0.157. The van der Waals surface area contributed by atoms with Gasteiger partial charge in [0.25, 0.3) is 0 Å². The van der Waals surface area contributed by atoms with Gasteiger partial charge < -0.3 is 15.0 Å². The highest BCUT2D eigenvalue weighted by molar-refractivity contribution is 5.86. The Balaban J connectivity index is 1.99. The minimum absolute atomic E-state index is 0.0984. The number of esters is 1. The van der Waals surface area contributed by atoms with Gasteiger partial charge in [-0.3, -0.25) is 4.79 Å². The molecule has 0 aromatic carbocycles. The fourth-order valence-corrected chi connectivity index (χ4v) is 3.16. The fourth-order valence-electron chi connectivity index (χ4n) is 3.16. The highest BCUT2D eigenvalue weighted by Crippen LogP contribution is 2.30. The number of rotatable bonds is 3. The first-order valence-electron chi connectivity index (χ1n) is 7.81. The van der Waals surface area contributed by atoms with E-state index in [-0.39, 0.29) is 17.8 Å². The molecule has 1 saturated carbocycles. The molecule has 5 heteroatoms. The van der Waals surface area contributed by atoms with E-state index in [1.165, 1.54) is 0 Å². The minimum Gasteiger partial charge on any atom is -0.464 e. The van der Waals surface area contributed by atoms with Crippen LogP contribution in [-0.4, -0.2) is 49.1 Å². The second-order valence-electron chi connectivity index (χ2n) is 5.96. The Bertz CT molecular complexity index is 351. The van der Waals surface area contributed by atoms with Crippen LogP contribution in [0.4, 0.5) is 0 Å². The summed E-state index contributed by atoms with van der Waals surface area (Å²) in [5, 5.41) is 3.17. The molecule has 0 aromatic heterocycles.